The minimum Gasteiger partial charge on any atom is -0.249 e. The lowest BCUT2D eigenvalue weighted by Crippen LogP contribution is -1.94. The predicted molar refractivity (Wildman–Crippen MR) is 60.8 cm³/mol. The number of hydrogen-bond donors (Lipinski definition) is 0. The van der Waals surface area contributed by atoms with E-state index in [-0.39, 0.29) is 0 Å². The smallest absolute Gasteiger partial charge is 0.0997 e. The second kappa shape index (κ2) is 3.93. The summed E-state index contributed by atoms with van der Waals surface area (Å²) in [6.45, 7) is 4.31. The first kappa shape index (κ1) is 9.41. The van der Waals surface area contributed by atoms with Crippen molar-refractivity contribution >= 4 is 11.3 Å². The lowest BCUT2D eigenvalue weighted by molar-refractivity contribution is 0.904. The van der Waals surface area contributed by atoms with E-state index in [1.54, 1.807) is 11.3 Å². The Kier molecular flexibility index (Phi) is 2.64. The maximum Gasteiger partial charge on any atom is 0.0997 e. The molecule has 1 aromatic heterocycles. The van der Waals surface area contributed by atoms with E-state index in [0.717, 1.165) is 0 Å². The number of rotatable bonds is 2. The fraction of sp³-hybridized carbons (Fsp3) is 0.250. The zero-order valence-electron chi connectivity index (χ0n) is 8.40. The van der Waals surface area contributed by atoms with Crippen LogP contribution in [0.4, 0.5) is 0 Å². The fourth-order valence-corrected chi connectivity index (χ4v) is 2.17. The van der Waals surface area contributed by atoms with E-state index in [1.807, 2.05) is 11.6 Å². The van der Waals surface area contributed by atoms with Crippen molar-refractivity contribution < 1.29 is 0 Å². The van der Waals surface area contributed by atoms with Crippen molar-refractivity contribution in [1.29, 1.82) is 0 Å². The highest BCUT2D eigenvalue weighted by Crippen LogP contribution is 2.25. The standard InChI is InChI=1S/C12H13NS/c1-9-3-5-11(6-4-9)10(2)12-13-7-8-14-12/h3-8,10H,1-2H3/t10-/m1/s1. The Hall–Kier alpha value is -1.15. The Morgan fingerprint density at radius 2 is 1.93 bits per heavy atom. The predicted octanol–water partition coefficient (Wildman–Crippen LogP) is 3.60. The van der Waals surface area contributed by atoms with Gasteiger partial charge in [0, 0.05) is 17.5 Å². The summed E-state index contributed by atoms with van der Waals surface area (Å²) in [4.78, 5) is 4.33. The van der Waals surface area contributed by atoms with Gasteiger partial charge in [0.25, 0.3) is 0 Å². The van der Waals surface area contributed by atoms with Crippen molar-refractivity contribution in [3.05, 3.63) is 52.0 Å². The van der Waals surface area contributed by atoms with Gasteiger partial charge in [-0.15, -0.1) is 11.3 Å². The fourth-order valence-electron chi connectivity index (χ4n) is 1.45. The molecule has 1 aromatic carbocycles. The van der Waals surface area contributed by atoms with Crippen LogP contribution in [0.1, 0.15) is 29.0 Å². The van der Waals surface area contributed by atoms with E-state index >= 15 is 0 Å². The van der Waals surface area contributed by atoms with Gasteiger partial charge in [-0.3, -0.25) is 0 Å². The zero-order valence-corrected chi connectivity index (χ0v) is 9.21. The van der Waals surface area contributed by atoms with Crippen molar-refractivity contribution in [1.82, 2.24) is 4.98 Å². The number of aromatic nitrogens is 1. The molecule has 0 saturated carbocycles. The maximum absolute atomic E-state index is 4.33. The maximum atomic E-state index is 4.33. The Morgan fingerprint density at radius 3 is 2.50 bits per heavy atom. The van der Waals surface area contributed by atoms with Gasteiger partial charge in [-0.05, 0) is 12.5 Å². The second-order valence-electron chi connectivity index (χ2n) is 3.50. The van der Waals surface area contributed by atoms with Gasteiger partial charge in [0.15, 0.2) is 0 Å². The van der Waals surface area contributed by atoms with Crippen molar-refractivity contribution in [2.24, 2.45) is 0 Å². The van der Waals surface area contributed by atoms with Crippen LogP contribution in [-0.2, 0) is 0 Å². The quantitative estimate of drug-likeness (QED) is 0.726. The van der Waals surface area contributed by atoms with Crippen LogP contribution < -0.4 is 0 Å². The molecule has 0 saturated heterocycles. The lowest BCUT2D eigenvalue weighted by atomic mass is 10.0. The number of benzene rings is 1. The molecule has 1 atom stereocenters. The summed E-state index contributed by atoms with van der Waals surface area (Å²) >= 11 is 1.72. The van der Waals surface area contributed by atoms with E-state index in [4.69, 9.17) is 0 Å². The lowest BCUT2D eigenvalue weighted by Gasteiger charge is -2.08. The molecule has 0 bridgehead atoms. The molecule has 1 nitrogen and oxygen atoms in total. The van der Waals surface area contributed by atoms with Gasteiger partial charge in [-0.25, -0.2) is 4.98 Å². The topological polar surface area (TPSA) is 12.9 Å². The van der Waals surface area contributed by atoms with E-state index in [9.17, 15) is 0 Å². The third-order valence-electron chi connectivity index (χ3n) is 2.40. The Labute approximate surface area is 88.4 Å². The largest absolute Gasteiger partial charge is 0.249 e. The van der Waals surface area contributed by atoms with Crippen LogP contribution in [0.15, 0.2) is 35.8 Å². The Morgan fingerprint density at radius 1 is 1.21 bits per heavy atom. The summed E-state index contributed by atoms with van der Waals surface area (Å²) in [6.07, 6.45) is 1.87. The summed E-state index contributed by atoms with van der Waals surface area (Å²) in [7, 11) is 0. The van der Waals surface area contributed by atoms with Gasteiger partial charge in [-0.2, -0.15) is 0 Å². The SMILES string of the molecule is Cc1ccc([C@@H](C)c2nccs2)cc1. The van der Waals surface area contributed by atoms with Crippen LogP contribution in [0.5, 0.6) is 0 Å². The molecule has 2 aromatic rings. The number of aryl methyl sites for hydroxylation is 1. The first-order valence-corrected chi connectivity index (χ1v) is 5.61. The van der Waals surface area contributed by atoms with Gasteiger partial charge in [0.2, 0.25) is 0 Å². The normalized spacial score (nSPS) is 12.7. The van der Waals surface area contributed by atoms with Crippen LogP contribution in [-0.4, -0.2) is 4.98 Å². The van der Waals surface area contributed by atoms with Crippen molar-refractivity contribution in [2.45, 2.75) is 19.8 Å². The average Bonchev–Trinajstić information content (AvgIpc) is 2.71. The van der Waals surface area contributed by atoms with Crippen LogP contribution in [0, 0.1) is 6.92 Å². The van der Waals surface area contributed by atoms with Crippen molar-refractivity contribution in [3.8, 4) is 0 Å². The Balaban J connectivity index is 2.28. The summed E-state index contributed by atoms with van der Waals surface area (Å²) in [6, 6.07) is 8.67. The van der Waals surface area contributed by atoms with Gasteiger partial charge in [0.05, 0.1) is 5.01 Å². The zero-order chi connectivity index (χ0) is 9.97. The molecule has 0 aliphatic rings. The number of nitrogens with zero attached hydrogens (tertiary/aromatic N) is 1. The molecule has 0 spiro atoms. The molecular weight excluding hydrogens is 190 g/mol. The molecule has 2 rings (SSSR count). The first-order chi connectivity index (χ1) is 6.77. The molecule has 0 radical (unpaired) electrons. The summed E-state index contributed by atoms with van der Waals surface area (Å²) < 4.78 is 0. The molecule has 2 heteroatoms. The molecule has 0 aliphatic carbocycles. The van der Waals surface area contributed by atoms with E-state index in [1.165, 1.54) is 16.1 Å². The van der Waals surface area contributed by atoms with Crippen molar-refractivity contribution in [2.75, 3.05) is 0 Å². The third kappa shape index (κ3) is 1.85. The summed E-state index contributed by atoms with van der Waals surface area (Å²) in [5, 5.41) is 3.22. The van der Waals surface area contributed by atoms with Crippen LogP contribution in [0.25, 0.3) is 0 Å². The third-order valence-corrected chi connectivity index (χ3v) is 3.36. The molecule has 0 aliphatic heterocycles. The van der Waals surface area contributed by atoms with E-state index in [2.05, 4.69) is 43.1 Å². The minimum atomic E-state index is 0.413. The Bertz CT molecular complexity index is 389. The average molecular weight is 203 g/mol. The minimum absolute atomic E-state index is 0.413. The van der Waals surface area contributed by atoms with Gasteiger partial charge in [0.1, 0.15) is 0 Å². The number of thiazole rings is 1. The highest BCUT2D eigenvalue weighted by atomic mass is 32.1. The molecule has 0 amide bonds. The molecule has 14 heavy (non-hydrogen) atoms. The second-order valence-corrected chi connectivity index (χ2v) is 4.43. The molecule has 1 heterocycles. The number of hydrogen-bond acceptors (Lipinski definition) is 2. The van der Waals surface area contributed by atoms with Crippen LogP contribution in [0.3, 0.4) is 0 Å². The van der Waals surface area contributed by atoms with E-state index in [0.29, 0.717) is 5.92 Å². The summed E-state index contributed by atoms with van der Waals surface area (Å²) in [5.41, 5.74) is 2.64. The van der Waals surface area contributed by atoms with Gasteiger partial charge >= 0.3 is 0 Å². The van der Waals surface area contributed by atoms with Gasteiger partial charge < -0.3 is 0 Å². The molecule has 72 valence electrons. The van der Waals surface area contributed by atoms with Crippen LogP contribution >= 0.6 is 11.3 Å². The molecule has 0 N–H and O–H groups in total. The van der Waals surface area contributed by atoms with Crippen LogP contribution in [0.2, 0.25) is 0 Å². The summed E-state index contributed by atoms with van der Waals surface area (Å²) in [5.74, 6) is 0.413. The monoisotopic (exact) mass is 203 g/mol. The molecule has 0 fully saturated rings. The van der Waals surface area contributed by atoms with Gasteiger partial charge in [-0.1, -0.05) is 36.8 Å². The first-order valence-electron chi connectivity index (χ1n) is 4.73. The highest BCUT2D eigenvalue weighted by Gasteiger charge is 2.09. The molecular formula is C12H13NS. The molecule has 0 unspecified atom stereocenters. The highest BCUT2D eigenvalue weighted by molar-refractivity contribution is 7.09. The van der Waals surface area contributed by atoms with Crippen molar-refractivity contribution in [3.63, 3.8) is 0 Å². The van der Waals surface area contributed by atoms with E-state index < -0.39 is 0 Å².